The van der Waals surface area contributed by atoms with E-state index in [2.05, 4.69) is 9.35 Å². The Balaban J connectivity index is -0.000000120. The van der Waals surface area contributed by atoms with Crippen LogP contribution in [-0.2, 0) is 31.1 Å². The summed E-state index contributed by atoms with van der Waals surface area (Å²) >= 11 is 0. The van der Waals surface area contributed by atoms with Crippen LogP contribution in [0.1, 0.15) is 0 Å². The molecular formula is H7AlLiO5PTi. The zero-order chi connectivity index (χ0) is 4.86. The Morgan fingerprint density at radius 3 is 1.11 bits per heavy atom. The van der Waals surface area contributed by atoms with Crippen molar-refractivity contribution in [1.29, 1.82) is 0 Å². The summed E-state index contributed by atoms with van der Waals surface area (Å²) in [5.74, 6) is 0. The van der Waals surface area contributed by atoms with Crippen molar-refractivity contribution in [1.82, 2.24) is 0 Å². The fraction of sp³-hybridized carbons (Fsp3) is 0. The van der Waals surface area contributed by atoms with Gasteiger partial charge in [-0.15, -0.1) is 0 Å². The van der Waals surface area contributed by atoms with Gasteiger partial charge in [0.1, 0.15) is 0 Å². The van der Waals surface area contributed by atoms with Crippen LogP contribution >= 0.6 is 7.74 Å². The molecule has 1 rings (SSSR count). The quantitative estimate of drug-likeness (QED) is 0.170. The van der Waals surface area contributed by atoms with Crippen molar-refractivity contribution < 1.29 is 45.7 Å². The van der Waals surface area contributed by atoms with E-state index in [-0.39, 0.29) is 57.9 Å². The molecule has 0 aromatic carbocycles. The first-order valence-electron chi connectivity index (χ1n) is 1.13. The summed E-state index contributed by atoms with van der Waals surface area (Å²) in [4.78, 5) is 23.7. The Labute approximate surface area is 89.2 Å². The van der Waals surface area contributed by atoms with Gasteiger partial charge in [-0.25, -0.2) is 0 Å². The molecule has 50 valence electrons. The molecule has 9 heteroatoms. The maximum absolute atomic E-state index is 7.89. The fourth-order valence-electron chi connectivity index (χ4n) is 0.0447. The first-order chi connectivity index (χ1) is 2.47. The summed E-state index contributed by atoms with van der Waals surface area (Å²) in [7, 11) is -4.80. The molecule has 5 nitrogen and oxygen atoms in total. The van der Waals surface area contributed by atoms with Crippen molar-refractivity contribution in [2.45, 2.75) is 0 Å². The Hall–Kier alpha value is 2.07. The molecule has 0 radical (unpaired) electrons. The van der Waals surface area contributed by atoms with E-state index in [1.54, 1.807) is 0 Å². The van der Waals surface area contributed by atoms with Gasteiger partial charge in [0.25, 0.3) is 0 Å². The molecule has 1 aliphatic heterocycles. The van der Waals surface area contributed by atoms with Crippen molar-refractivity contribution in [3.8, 4) is 0 Å². The Bertz CT molecular complexity index is 80.7. The summed E-state index contributed by atoms with van der Waals surface area (Å²) in [5.41, 5.74) is 0. The molecule has 3 N–H and O–H groups in total. The molecule has 1 saturated heterocycles. The summed E-state index contributed by atoms with van der Waals surface area (Å²) in [5, 5.41) is 0. The van der Waals surface area contributed by atoms with Crippen LogP contribution in [0.15, 0.2) is 0 Å². The molecule has 1 aliphatic rings. The van der Waals surface area contributed by atoms with E-state index in [1.165, 1.54) is 0 Å². The predicted molar refractivity (Wildman–Crippen MR) is 32.8 cm³/mol. The molecule has 0 unspecified atom stereocenters. The van der Waals surface area contributed by atoms with E-state index in [0.29, 0.717) is 0 Å². The number of rotatable bonds is 0. The van der Waals surface area contributed by atoms with Gasteiger partial charge in [0.15, 0.2) is 17.4 Å². The third-order valence-electron chi connectivity index (χ3n) is 0.275. The van der Waals surface area contributed by atoms with Crippen LogP contribution in [0.2, 0.25) is 0 Å². The monoisotopic (exact) mass is 200 g/mol. The zero-order valence-corrected chi connectivity index (χ0v) is 5.56. The average molecular weight is 200 g/mol. The number of hydrogen-bond acceptors (Lipinski definition) is 5. The molecule has 0 bridgehead atoms. The van der Waals surface area contributed by atoms with Crippen molar-refractivity contribution in [2.75, 3.05) is 0 Å². The molecular weight excluding hydrogens is 193 g/mol. The van der Waals surface area contributed by atoms with Gasteiger partial charge < -0.3 is 0 Å². The van der Waals surface area contributed by atoms with Gasteiger partial charge in [0.2, 0.25) is 0 Å². The maximum atomic E-state index is 7.89. The topological polar surface area (TPSA) is 85.8 Å². The van der Waals surface area contributed by atoms with E-state index in [4.69, 9.17) is 14.7 Å². The first-order valence-corrected chi connectivity index (χ1v) is 3.06. The smallest absolute Gasteiger partial charge is 0 e. The predicted octanol–water partition coefficient (Wildman–Crippen LogP) is -2.78. The van der Waals surface area contributed by atoms with Crippen molar-refractivity contribution in [3.05, 3.63) is 0 Å². The van der Waals surface area contributed by atoms with E-state index in [0.717, 1.165) is 0 Å². The molecule has 0 atom stereocenters. The molecule has 0 spiro atoms. The summed E-state index contributed by atoms with van der Waals surface area (Å²) < 4.78 is 6.76. The minimum Gasteiger partial charge on any atom is 0 e. The average Bonchev–Trinajstić information content (AvgIpc) is 1.73. The van der Waals surface area contributed by atoms with Gasteiger partial charge in [-0.1, -0.05) is 0 Å². The Morgan fingerprint density at radius 2 is 1.11 bits per heavy atom. The van der Waals surface area contributed by atoms with Crippen LogP contribution in [0.4, 0.5) is 0 Å². The third-order valence-corrected chi connectivity index (χ3v) is 0.824. The molecule has 9 heavy (non-hydrogen) atoms. The molecule has 1 fully saturated rings. The van der Waals surface area contributed by atoms with Crippen molar-refractivity contribution in [3.63, 3.8) is 0 Å². The van der Waals surface area contributed by atoms with E-state index in [9.17, 15) is 0 Å². The minimum atomic E-state index is -4.80. The normalized spacial score (nSPS) is 28.6. The van der Waals surface area contributed by atoms with E-state index < -0.39 is 7.74 Å². The summed E-state index contributed by atoms with van der Waals surface area (Å²) in [6.07, 6.45) is 0. The van der Waals surface area contributed by atoms with Crippen LogP contribution < -0.4 is 0 Å². The van der Waals surface area contributed by atoms with Gasteiger partial charge in [0, 0.05) is 21.7 Å². The molecule has 0 aromatic rings. The van der Waals surface area contributed by atoms with E-state index >= 15 is 0 Å². The fourth-order valence-corrected chi connectivity index (χ4v) is 0.402. The molecule has 0 aliphatic carbocycles. The van der Waals surface area contributed by atoms with Gasteiger partial charge >= 0.3 is 50.6 Å². The molecule has 0 amide bonds. The summed E-state index contributed by atoms with van der Waals surface area (Å²) in [6.45, 7) is 0. The van der Waals surface area contributed by atoms with Crippen LogP contribution in [0.5, 0.6) is 0 Å². The standard InChI is InChI=1S/Al.Li.H3O5P.Ti.4H/c;;1-6(2,3)4-5-6;;;;;/h;;1-3H;;;;;. The maximum Gasteiger partial charge on any atom is 0 e. The van der Waals surface area contributed by atoms with E-state index in [1.807, 2.05) is 0 Å². The van der Waals surface area contributed by atoms with Gasteiger partial charge in [0.05, 0.1) is 0 Å². The second kappa shape index (κ2) is 4.19. The zero-order valence-electron chi connectivity index (χ0n) is 3.11. The second-order valence-corrected chi connectivity index (χ2v) is 2.95. The Morgan fingerprint density at radius 1 is 1.00 bits per heavy atom. The van der Waals surface area contributed by atoms with Crippen LogP contribution in [-0.4, -0.2) is 50.9 Å². The SMILES string of the molecule is OP1(O)(O)OO1.[AlH3].[LiH].[Ti]. The molecule has 0 saturated carbocycles. The van der Waals surface area contributed by atoms with Crippen LogP contribution in [0, 0.1) is 0 Å². The van der Waals surface area contributed by atoms with Gasteiger partial charge in [-0.3, -0.25) is 0 Å². The third kappa shape index (κ3) is 7.98. The van der Waals surface area contributed by atoms with Gasteiger partial charge in [-0.2, -0.15) is 0 Å². The van der Waals surface area contributed by atoms with Crippen LogP contribution in [0.25, 0.3) is 0 Å². The Kier molecular flexibility index (Phi) is 8.02. The van der Waals surface area contributed by atoms with Crippen molar-refractivity contribution >= 4 is 44.0 Å². The van der Waals surface area contributed by atoms with Gasteiger partial charge in [-0.05, 0) is 0 Å². The molecule has 0 aromatic heterocycles. The van der Waals surface area contributed by atoms with Crippen LogP contribution in [0.3, 0.4) is 0 Å². The first kappa shape index (κ1) is 17.2. The minimum absolute atomic E-state index is 0. The largest absolute Gasteiger partial charge is 0 e. The second-order valence-electron chi connectivity index (χ2n) is 0.982. The summed E-state index contributed by atoms with van der Waals surface area (Å²) in [6, 6.07) is 0. The number of hydrogen-bond donors (Lipinski definition) is 3. The van der Waals surface area contributed by atoms with Crippen molar-refractivity contribution in [2.24, 2.45) is 0 Å². The molecule has 1 heterocycles.